The largest absolute Gasteiger partial charge is 0.391 e. The zero-order valence-corrected chi connectivity index (χ0v) is 9.60. The van der Waals surface area contributed by atoms with Crippen molar-refractivity contribution >= 4 is 11.8 Å². The quantitative estimate of drug-likeness (QED) is 0.727. The highest BCUT2D eigenvalue weighted by Gasteiger charge is 2.24. The first-order valence-electron chi connectivity index (χ1n) is 5.92. The van der Waals surface area contributed by atoms with E-state index in [1.165, 1.54) is 0 Å². The van der Waals surface area contributed by atoms with Gasteiger partial charge in [-0.15, -0.1) is 0 Å². The van der Waals surface area contributed by atoms with Gasteiger partial charge < -0.3 is 10.4 Å². The van der Waals surface area contributed by atoms with Crippen molar-refractivity contribution in [1.29, 1.82) is 0 Å². The standard InChI is InChI=1S/C12H17N3O2/c16-10-6-2-1-5-9(10)14-12(17)15-11-7-3-4-8-13-11/h3-4,7-10,16H,1-2,5-6H2,(H2,13,14,15,17). The molecule has 0 radical (unpaired) electrons. The molecule has 1 aromatic heterocycles. The summed E-state index contributed by atoms with van der Waals surface area (Å²) in [6.07, 6.45) is 4.85. The topological polar surface area (TPSA) is 74.2 Å². The van der Waals surface area contributed by atoms with Crippen molar-refractivity contribution in [2.75, 3.05) is 5.32 Å². The lowest BCUT2D eigenvalue weighted by Crippen LogP contribution is -2.46. The monoisotopic (exact) mass is 235 g/mol. The Bertz CT molecular complexity index is 369. The van der Waals surface area contributed by atoms with Crippen LogP contribution < -0.4 is 10.6 Å². The molecule has 1 aliphatic carbocycles. The van der Waals surface area contributed by atoms with Crippen molar-refractivity contribution in [2.45, 2.75) is 37.8 Å². The van der Waals surface area contributed by atoms with E-state index in [0.717, 1.165) is 25.7 Å². The molecule has 2 atom stereocenters. The highest BCUT2D eigenvalue weighted by atomic mass is 16.3. The van der Waals surface area contributed by atoms with Gasteiger partial charge in [-0.2, -0.15) is 0 Å². The Morgan fingerprint density at radius 1 is 1.35 bits per heavy atom. The van der Waals surface area contributed by atoms with Crippen LogP contribution in [-0.4, -0.2) is 28.3 Å². The lowest BCUT2D eigenvalue weighted by Gasteiger charge is -2.28. The first-order valence-corrected chi connectivity index (χ1v) is 5.92. The number of anilines is 1. The van der Waals surface area contributed by atoms with Crippen molar-refractivity contribution in [3.05, 3.63) is 24.4 Å². The second kappa shape index (κ2) is 5.63. The third-order valence-corrected chi connectivity index (χ3v) is 2.95. The van der Waals surface area contributed by atoms with Crippen LogP contribution in [0.4, 0.5) is 10.6 Å². The Morgan fingerprint density at radius 3 is 2.88 bits per heavy atom. The molecular weight excluding hydrogens is 218 g/mol. The van der Waals surface area contributed by atoms with E-state index in [0.29, 0.717) is 5.82 Å². The lowest BCUT2D eigenvalue weighted by molar-refractivity contribution is 0.0955. The summed E-state index contributed by atoms with van der Waals surface area (Å²) in [5.74, 6) is 0.510. The van der Waals surface area contributed by atoms with Crippen LogP contribution in [0.5, 0.6) is 0 Å². The molecule has 1 fully saturated rings. The number of aliphatic hydroxyl groups is 1. The van der Waals surface area contributed by atoms with Crippen LogP contribution in [-0.2, 0) is 0 Å². The molecule has 1 heterocycles. The molecule has 0 saturated heterocycles. The summed E-state index contributed by atoms with van der Waals surface area (Å²) in [5.41, 5.74) is 0. The number of aliphatic hydroxyl groups excluding tert-OH is 1. The van der Waals surface area contributed by atoms with E-state index in [4.69, 9.17) is 0 Å². The summed E-state index contributed by atoms with van der Waals surface area (Å²) in [4.78, 5) is 15.6. The molecule has 5 nitrogen and oxygen atoms in total. The zero-order chi connectivity index (χ0) is 12.1. The van der Waals surface area contributed by atoms with E-state index in [1.54, 1.807) is 24.4 Å². The molecule has 1 saturated carbocycles. The minimum absolute atomic E-state index is 0.146. The molecule has 92 valence electrons. The first-order chi connectivity index (χ1) is 8.25. The smallest absolute Gasteiger partial charge is 0.320 e. The molecule has 1 aliphatic rings. The summed E-state index contributed by atoms with van der Waals surface area (Å²) in [7, 11) is 0. The van der Waals surface area contributed by atoms with E-state index in [1.807, 2.05) is 0 Å². The second-order valence-electron chi connectivity index (χ2n) is 4.27. The summed E-state index contributed by atoms with van der Waals surface area (Å²) >= 11 is 0. The van der Waals surface area contributed by atoms with Gasteiger partial charge in [0, 0.05) is 6.20 Å². The van der Waals surface area contributed by atoms with Crippen LogP contribution in [0, 0.1) is 0 Å². The molecule has 0 aliphatic heterocycles. The van der Waals surface area contributed by atoms with Gasteiger partial charge >= 0.3 is 6.03 Å². The average Bonchev–Trinajstić information content (AvgIpc) is 2.33. The number of carbonyl (C=O) groups is 1. The Kier molecular flexibility index (Phi) is 3.93. The molecule has 1 aromatic rings. The number of hydrogen-bond donors (Lipinski definition) is 3. The molecule has 0 bridgehead atoms. The van der Waals surface area contributed by atoms with E-state index < -0.39 is 6.10 Å². The number of amides is 2. The number of nitrogens with one attached hydrogen (secondary N) is 2. The fourth-order valence-electron chi connectivity index (χ4n) is 2.04. The third-order valence-electron chi connectivity index (χ3n) is 2.95. The van der Waals surface area contributed by atoms with Gasteiger partial charge in [0.15, 0.2) is 0 Å². The predicted octanol–water partition coefficient (Wildman–Crippen LogP) is 1.51. The molecule has 3 N–H and O–H groups in total. The van der Waals surface area contributed by atoms with Gasteiger partial charge in [0.1, 0.15) is 5.82 Å². The SMILES string of the molecule is O=C(Nc1ccccn1)NC1CCCCC1O. The lowest BCUT2D eigenvalue weighted by atomic mass is 9.93. The molecule has 2 amide bonds. The van der Waals surface area contributed by atoms with Crippen molar-refractivity contribution in [1.82, 2.24) is 10.3 Å². The third kappa shape index (κ3) is 3.42. The number of carbonyl (C=O) groups excluding carboxylic acids is 1. The molecule has 0 spiro atoms. The van der Waals surface area contributed by atoms with E-state index in [-0.39, 0.29) is 12.1 Å². The second-order valence-corrected chi connectivity index (χ2v) is 4.27. The predicted molar refractivity (Wildman–Crippen MR) is 64.7 cm³/mol. The molecule has 2 rings (SSSR count). The van der Waals surface area contributed by atoms with Gasteiger partial charge in [-0.1, -0.05) is 18.9 Å². The van der Waals surface area contributed by atoms with Crippen molar-refractivity contribution in [3.8, 4) is 0 Å². The summed E-state index contributed by atoms with van der Waals surface area (Å²) in [6.45, 7) is 0. The summed E-state index contributed by atoms with van der Waals surface area (Å²) in [5, 5.41) is 15.1. The normalized spacial score (nSPS) is 24.1. The van der Waals surface area contributed by atoms with Gasteiger partial charge in [0.25, 0.3) is 0 Å². The maximum atomic E-state index is 11.7. The van der Waals surface area contributed by atoms with Crippen LogP contribution in [0.1, 0.15) is 25.7 Å². The van der Waals surface area contributed by atoms with Gasteiger partial charge in [0.05, 0.1) is 12.1 Å². The minimum Gasteiger partial charge on any atom is -0.391 e. The number of urea groups is 1. The fraction of sp³-hybridized carbons (Fsp3) is 0.500. The Balaban J connectivity index is 1.84. The van der Waals surface area contributed by atoms with Crippen molar-refractivity contribution in [2.24, 2.45) is 0 Å². The Hall–Kier alpha value is -1.62. The minimum atomic E-state index is -0.432. The Labute approximate surface area is 100 Å². The summed E-state index contributed by atoms with van der Waals surface area (Å²) < 4.78 is 0. The molecular formula is C12H17N3O2. The van der Waals surface area contributed by atoms with Crippen LogP contribution in [0.25, 0.3) is 0 Å². The van der Waals surface area contributed by atoms with Crippen LogP contribution in [0.2, 0.25) is 0 Å². The fourth-order valence-corrected chi connectivity index (χ4v) is 2.04. The van der Waals surface area contributed by atoms with Gasteiger partial charge in [-0.25, -0.2) is 9.78 Å². The number of pyridine rings is 1. The number of aromatic nitrogens is 1. The van der Waals surface area contributed by atoms with Crippen LogP contribution >= 0.6 is 0 Å². The summed E-state index contributed by atoms with van der Waals surface area (Å²) in [6, 6.07) is 4.85. The molecule has 5 heteroatoms. The number of nitrogens with zero attached hydrogens (tertiary/aromatic N) is 1. The average molecular weight is 235 g/mol. The van der Waals surface area contributed by atoms with Crippen LogP contribution in [0.15, 0.2) is 24.4 Å². The van der Waals surface area contributed by atoms with Gasteiger partial charge in [0.2, 0.25) is 0 Å². The molecule has 17 heavy (non-hydrogen) atoms. The zero-order valence-electron chi connectivity index (χ0n) is 9.60. The van der Waals surface area contributed by atoms with Crippen molar-refractivity contribution < 1.29 is 9.90 Å². The van der Waals surface area contributed by atoms with E-state index in [9.17, 15) is 9.90 Å². The number of hydrogen-bond acceptors (Lipinski definition) is 3. The van der Waals surface area contributed by atoms with E-state index >= 15 is 0 Å². The molecule has 2 unspecified atom stereocenters. The number of rotatable bonds is 2. The van der Waals surface area contributed by atoms with Crippen LogP contribution in [0.3, 0.4) is 0 Å². The Morgan fingerprint density at radius 2 is 2.18 bits per heavy atom. The first kappa shape index (κ1) is 11.9. The highest BCUT2D eigenvalue weighted by Crippen LogP contribution is 2.18. The highest BCUT2D eigenvalue weighted by molar-refractivity contribution is 5.88. The van der Waals surface area contributed by atoms with Gasteiger partial charge in [-0.3, -0.25) is 5.32 Å². The molecule has 0 aromatic carbocycles. The van der Waals surface area contributed by atoms with Gasteiger partial charge in [-0.05, 0) is 25.0 Å². The maximum absolute atomic E-state index is 11.7. The van der Waals surface area contributed by atoms with E-state index in [2.05, 4.69) is 15.6 Å². The maximum Gasteiger partial charge on any atom is 0.320 e. The van der Waals surface area contributed by atoms with Crippen molar-refractivity contribution in [3.63, 3.8) is 0 Å².